The molecule has 4 rings (SSSR count). The van der Waals surface area contributed by atoms with Crippen LogP contribution in [-0.2, 0) is 11.2 Å². The first kappa shape index (κ1) is 22.0. The van der Waals surface area contributed by atoms with Crippen molar-refractivity contribution in [1.29, 1.82) is 0 Å². The maximum Gasteiger partial charge on any atom is 0.255 e. The summed E-state index contributed by atoms with van der Waals surface area (Å²) in [5.41, 5.74) is 8.33. The van der Waals surface area contributed by atoms with Crippen LogP contribution in [0.5, 0.6) is 0 Å². The number of nitrogens with zero attached hydrogens (tertiary/aromatic N) is 2. The van der Waals surface area contributed by atoms with Crippen molar-refractivity contribution in [3.63, 3.8) is 0 Å². The molecule has 6 nitrogen and oxygen atoms in total. The van der Waals surface area contributed by atoms with Crippen molar-refractivity contribution in [2.45, 2.75) is 26.2 Å². The van der Waals surface area contributed by atoms with Crippen molar-refractivity contribution in [2.24, 2.45) is 5.41 Å². The van der Waals surface area contributed by atoms with Gasteiger partial charge in [0, 0.05) is 36.9 Å². The molecule has 3 aromatic rings. The van der Waals surface area contributed by atoms with E-state index in [-0.39, 0.29) is 11.8 Å². The Labute approximate surface area is 192 Å². The third-order valence-corrected chi connectivity index (χ3v) is 6.91. The summed E-state index contributed by atoms with van der Waals surface area (Å²) in [6.45, 7) is 3.47. The topological polar surface area (TPSA) is 88.3 Å². The summed E-state index contributed by atoms with van der Waals surface area (Å²) < 4.78 is 0. The third kappa shape index (κ3) is 4.67. The summed E-state index contributed by atoms with van der Waals surface area (Å²) in [5, 5.41) is 5.08. The van der Waals surface area contributed by atoms with E-state index in [1.165, 1.54) is 22.8 Å². The van der Waals surface area contributed by atoms with Gasteiger partial charge in [0.2, 0.25) is 5.91 Å². The lowest BCUT2D eigenvalue weighted by Gasteiger charge is -2.42. The van der Waals surface area contributed by atoms with Crippen molar-refractivity contribution in [1.82, 2.24) is 15.2 Å². The Morgan fingerprint density at radius 2 is 2.03 bits per heavy atom. The minimum absolute atomic E-state index is 0.00512. The molecule has 3 N–H and O–H groups in total. The molecule has 1 aliphatic rings. The van der Waals surface area contributed by atoms with Crippen LogP contribution in [-0.4, -0.2) is 41.3 Å². The van der Waals surface area contributed by atoms with E-state index >= 15 is 0 Å². The van der Waals surface area contributed by atoms with Gasteiger partial charge in [0.15, 0.2) is 0 Å². The summed E-state index contributed by atoms with van der Waals surface area (Å²) in [5.74, 6) is -0.128. The molecular formula is C25H28N4O2S. The first-order chi connectivity index (χ1) is 15.5. The van der Waals surface area contributed by atoms with Crippen LogP contribution < -0.4 is 11.1 Å². The number of hydrogen-bond acceptors (Lipinski definition) is 5. The van der Waals surface area contributed by atoms with Gasteiger partial charge in [0.25, 0.3) is 5.91 Å². The number of piperidine rings is 1. The van der Waals surface area contributed by atoms with Gasteiger partial charge in [0.1, 0.15) is 0 Å². The fourth-order valence-electron chi connectivity index (χ4n) is 4.44. The Morgan fingerprint density at radius 1 is 1.22 bits per heavy atom. The lowest BCUT2D eigenvalue weighted by atomic mass is 9.74. The number of nitrogens with one attached hydrogen (secondary N) is 1. The maximum absolute atomic E-state index is 13.3. The van der Waals surface area contributed by atoms with Crippen molar-refractivity contribution >= 4 is 28.8 Å². The predicted octanol–water partition coefficient (Wildman–Crippen LogP) is 3.99. The van der Waals surface area contributed by atoms with Crippen molar-refractivity contribution < 1.29 is 9.59 Å². The number of rotatable bonds is 6. The zero-order valence-electron chi connectivity index (χ0n) is 18.2. The second kappa shape index (κ2) is 9.53. The molecular weight excluding hydrogens is 420 g/mol. The quantitative estimate of drug-likeness (QED) is 0.597. The molecule has 0 aliphatic carbocycles. The lowest BCUT2D eigenvalue weighted by Crippen LogP contribution is -2.54. The van der Waals surface area contributed by atoms with Crippen LogP contribution in [0.1, 0.15) is 35.7 Å². The van der Waals surface area contributed by atoms with Gasteiger partial charge >= 0.3 is 0 Å². The number of nitrogen functional groups attached to an aromatic ring is 1. The molecule has 1 aromatic carbocycles. The van der Waals surface area contributed by atoms with Crippen molar-refractivity contribution in [3.8, 4) is 10.4 Å². The van der Waals surface area contributed by atoms with Crippen LogP contribution in [0.2, 0.25) is 0 Å². The highest BCUT2D eigenvalue weighted by Crippen LogP contribution is 2.36. The zero-order chi connectivity index (χ0) is 22.6. The monoisotopic (exact) mass is 448 g/mol. The second-order valence-electron chi connectivity index (χ2n) is 8.33. The number of pyridine rings is 1. The number of hydrogen-bond donors (Lipinski definition) is 2. The molecule has 1 saturated heterocycles. The smallest absolute Gasteiger partial charge is 0.255 e. The molecule has 7 heteroatoms. The highest BCUT2D eigenvalue weighted by molar-refractivity contribution is 7.13. The van der Waals surface area contributed by atoms with E-state index in [9.17, 15) is 9.59 Å². The van der Waals surface area contributed by atoms with E-state index in [1.54, 1.807) is 22.3 Å². The Balaban J connectivity index is 1.58. The Kier molecular flexibility index (Phi) is 6.55. The van der Waals surface area contributed by atoms with Crippen LogP contribution in [0.4, 0.5) is 5.69 Å². The van der Waals surface area contributed by atoms with E-state index in [2.05, 4.69) is 46.0 Å². The zero-order valence-corrected chi connectivity index (χ0v) is 19.0. The SMILES string of the molecule is CCNC(=O)[C@@]1(Cc2ccc(-c3cccs3)cc2)CCCN(C(=O)c2cncc(N)c2)C1. The molecule has 166 valence electrons. The number of carbonyl (C=O) groups is 2. The maximum atomic E-state index is 13.3. The van der Waals surface area contributed by atoms with Gasteiger partial charge in [-0.2, -0.15) is 0 Å². The normalized spacial score (nSPS) is 18.3. The summed E-state index contributed by atoms with van der Waals surface area (Å²) >= 11 is 1.71. The number of benzene rings is 1. The fourth-order valence-corrected chi connectivity index (χ4v) is 5.17. The van der Waals surface area contributed by atoms with E-state index < -0.39 is 5.41 Å². The lowest BCUT2D eigenvalue weighted by molar-refractivity contribution is -0.133. The molecule has 1 atom stereocenters. The Hall–Kier alpha value is -3.19. The predicted molar refractivity (Wildman–Crippen MR) is 128 cm³/mol. The van der Waals surface area contributed by atoms with Crippen LogP contribution in [0.3, 0.4) is 0 Å². The molecule has 32 heavy (non-hydrogen) atoms. The minimum atomic E-state index is -0.665. The molecule has 1 aliphatic heterocycles. The first-order valence-corrected chi connectivity index (χ1v) is 11.8. The van der Waals surface area contributed by atoms with Gasteiger partial charge in [0.05, 0.1) is 16.7 Å². The standard InChI is InChI=1S/C25H28N4O2S/c1-2-28-24(31)25(14-18-6-8-19(9-7-18)22-5-3-12-32-22)10-4-11-29(17-25)23(30)20-13-21(26)16-27-15-20/h3,5-9,12-13,15-16H,2,4,10-11,14,17,26H2,1H3,(H,28,31)/t25-/m1/s1. The van der Waals surface area contributed by atoms with Gasteiger partial charge in [-0.1, -0.05) is 30.3 Å². The van der Waals surface area contributed by atoms with Gasteiger partial charge in [-0.15, -0.1) is 11.3 Å². The van der Waals surface area contributed by atoms with E-state index in [0.717, 1.165) is 18.4 Å². The van der Waals surface area contributed by atoms with Gasteiger partial charge in [-0.05, 0) is 54.8 Å². The number of anilines is 1. The van der Waals surface area contributed by atoms with Crippen LogP contribution in [0, 0.1) is 5.41 Å². The van der Waals surface area contributed by atoms with Crippen LogP contribution in [0.25, 0.3) is 10.4 Å². The van der Waals surface area contributed by atoms with Gasteiger partial charge < -0.3 is 16.0 Å². The molecule has 1 fully saturated rings. The summed E-state index contributed by atoms with van der Waals surface area (Å²) in [7, 11) is 0. The number of likely N-dealkylation sites (tertiary alicyclic amines) is 1. The van der Waals surface area contributed by atoms with Crippen LogP contribution in [0.15, 0.2) is 60.2 Å². The number of thiophene rings is 1. The number of amides is 2. The highest BCUT2D eigenvalue weighted by Gasteiger charge is 2.43. The third-order valence-electron chi connectivity index (χ3n) is 5.99. The molecule has 0 bridgehead atoms. The summed E-state index contributed by atoms with van der Waals surface area (Å²) in [6, 6.07) is 14.2. The van der Waals surface area contributed by atoms with Crippen LogP contribution >= 0.6 is 11.3 Å². The molecule has 2 amide bonds. The fraction of sp³-hybridized carbons (Fsp3) is 0.320. The number of carbonyl (C=O) groups excluding carboxylic acids is 2. The molecule has 2 aromatic heterocycles. The molecule has 3 heterocycles. The Morgan fingerprint density at radius 3 is 2.72 bits per heavy atom. The summed E-state index contributed by atoms with van der Waals surface area (Å²) in [6.07, 6.45) is 5.15. The average molecular weight is 449 g/mol. The van der Waals surface area contributed by atoms with Gasteiger partial charge in [-0.3, -0.25) is 14.6 Å². The Bertz CT molecular complexity index is 1080. The average Bonchev–Trinajstić information content (AvgIpc) is 3.34. The van der Waals surface area contributed by atoms with Gasteiger partial charge in [-0.25, -0.2) is 0 Å². The summed E-state index contributed by atoms with van der Waals surface area (Å²) in [4.78, 5) is 33.4. The van der Waals surface area contributed by atoms with E-state index in [1.807, 2.05) is 13.0 Å². The highest BCUT2D eigenvalue weighted by atomic mass is 32.1. The second-order valence-corrected chi connectivity index (χ2v) is 9.28. The molecule has 0 saturated carbocycles. The molecule has 0 spiro atoms. The number of aromatic nitrogens is 1. The molecule has 0 radical (unpaired) electrons. The van der Waals surface area contributed by atoms with Crippen molar-refractivity contribution in [3.05, 3.63) is 71.4 Å². The van der Waals surface area contributed by atoms with E-state index in [4.69, 9.17) is 5.73 Å². The first-order valence-electron chi connectivity index (χ1n) is 10.9. The number of nitrogens with two attached hydrogens (primary N) is 1. The van der Waals surface area contributed by atoms with E-state index in [0.29, 0.717) is 37.3 Å². The largest absolute Gasteiger partial charge is 0.397 e. The molecule has 0 unspecified atom stereocenters. The minimum Gasteiger partial charge on any atom is -0.397 e. The van der Waals surface area contributed by atoms with Crippen molar-refractivity contribution in [2.75, 3.05) is 25.4 Å².